The predicted octanol–water partition coefficient (Wildman–Crippen LogP) is 3.26. The molecule has 0 aliphatic carbocycles. The lowest BCUT2D eigenvalue weighted by molar-refractivity contribution is -0.140. The van der Waals surface area contributed by atoms with Crippen LogP contribution < -0.4 is 5.32 Å². The zero-order chi connectivity index (χ0) is 16.9. The van der Waals surface area contributed by atoms with Gasteiger partial charge in [0.15, 0.2) is 5.11 Å². The van der Waals surface area contributed by atoms with Crippen molar-refractivity contribution in [1.82, 2.24) is 15.2 Å². The highest BCUT2D eigenvalue weighted by Gasteiger charge is 2.30. The first-order valence-electron chi connectivity index (χ1n) is 8.16. The smallest absolute Gasteiger partial charge is 0.305 e. The number of nitrogens with one attached hydrogen (secondary N) is 1. The number of para-hydroxylation sites is 1. The maximum absolute atomic E-state index is 11.1. The zero-order valence-corrected chi connectivity index (χ0v) is 15.3. The number of methoxy groups -OCH3 is 1. The van der Waals surface area contributed by atoms with Gasteiger partial charge in [0.1, 0.15) is 5.01 Å². The van der Waals surface area contributed by atoms with Gasteiger partial charge in [0.2, 0.25) is 0 Å². The van der Waals surface area contributed by atoms with Gasteiger partial charge in [-0.15, -0.1) is 11.3 Å². The van der Waals surface area contributed by atoms with Crippen molar-refractivity contribution in [1.29, 1.82) is 0 Å². The Labute approximate surface area is 151 Å². The second-order valence-electron chi connectivity index (χ2n) is 5.78. The zero-order valence-electron chi connectivity index (χ0n) is 13.7. The van der Waals surface area contributed by atoms with Gasteiger partial charge in [-0.25, -0.2) is 4.98 Å². The van der Waals surface area contributed by atoms with E-state index < -0.39 is 0 Å². The number of hydrogen-bond donors (Lipinski definition) is 1. The summed E-state index contributed by atoms with van der Waals surface area (Å²) in [6.45, 7) is 1.63. The standard InChI is InChI=1S/C17H21N3O2S2/c1-22-15(21)9-4-10-18-17(23)20-11-5-7-13(20)16-19-12-6-2-3-8-14(12)24-16/h2-3,6,8,13H,4-5,7,9-11H2,1H3,(H,18,23)/t13-/m0/s1. The van der Waals surface area contributed by atoms with Crippen LogP contribution in [0.5, 0.6) is 0 Å². The summed E-state index contributed by atoms with van der Waals surface area (Å²) in [7, 11) is 1.41. The summed E-state index contributed by atoms with van der Waals surface area (Å²) in [5, 5.41) is 5.15. The van der Waals surface area contributed by atoms with Crippen molar-refractivity contribution in [3.8, 4) is 0 Å². The van der Waals surface area contributed by atoms with Gasteiger partial charge in [0.05, 0.1) is 23.4 Å². The second kappa shape index (κ2) is 7.90. The van der Waals surface area contributed by atoms with Crippen molar-refractivity contribution in [2.75, 3.05) is 20.2 Å². The fourth-order valence-electron chi connectivity index (χ4n) is 2.93. The number of aromatic nitrogens is 1. The molecular formula is C17H21N3O2S2. The van der Waals surface area contributed by atoms with Crippen molar-refractivity contribution in [3.63, 3.8) is 0 Å². The minimum atomic E-state index is -0.184. The second-order valence-corrected chi connectivity index (χ2v) is 7.23. The number of nitrogens with zero attached hydrogens (tertiary/aromatic N) is 2. The highest BCUT2D eigenvalue weighted by atomic mass is 32.1. The molecule has 1 aliphatic rings. The van der Waals surface area contributed by atoms with Gasteiger partial charge in [-0.3, -0.25) is 4.79 Å². The van der Waals surface area contributed by atoms with Gasteiger partial charge in [-0.1, -0.05) is 12.1 Å². The highest BCUT2D eigenvalue weighted by molar-refractivity contribution is 7.80. The third kappa shape index (κ3) is 3.84. The molecule has 5 nitrogen and oxygen atoms in total. The van der Waals surface area contributed by atoms with Crippen LogP contribution in [0.4, 0.5) is 0 Å². The number of ether oxygens (including phenoxy) is 1. The monoisotopic (exact) mass is 363 g/mol. The average molecular weight is 364 g/mol. The molecule has 7 heteroatoms. The fourth-order valence-corrected chi connectivity index (χ4v) is 4.37. The van der Waals surface area contributed by atoms with E-state index in [-0.39, 0.29) is 12.0 Å². The number of rotatable bonds is 5. The molecule has 1 atom stereocenters. The first kappa shape index (κ1) is 17.1. The van der Waals surface area contributed by atoms with E-state index in [1.807, 2.05) is 12.1 Å². The van der Waals surface area contributed by atoms with Crippen LogP contribution in [-0.2, 0) is 9.53 Å². The molecule has 0 amide bonds. The predicted molar refractivity (Wildman–Crippen MR) is 100 cm³/mol. The summed E-state index contributed by atoms with van der Waals surface area (Å²) in [6, 6.07) is 8.48. The largest absolute Gasteiger partial charge is 0.469 e. The molecule has 1 N–H and O–H groups in total. The van der Waals surface area contributed by atoms with E-state index >= 15 is 0 Å². The number of esters is 1. The molecule has 1 fully saturated rings. The molecular weight excluding hydrogens is 342 g/mol. The topological polar surface area (TPSA) is 54.5 Å². The maximum Gasteiger partial charge on any atom is 0.305 e. The van der Waals surface area contributed by atoms with E-state index in [4.69, 9.17) is 17.2 Å². The Morgan fingerprint density at radius 1 is 1.50 bits per heavy atom. The number of thiocarbonyl (C=S) groups is 1. The van der Waals surface area contributed by atoms with Crippen LogP contribution in [0, 0.1) is 0 Å². The van der Waals surface area contributed by atoms with Crippen molar-refractivity contribution in [2.24, 2.45) is 0 Å². The Balaban J connectivity index is 1.60. The molecule has 0 spiro atoms. The Morgan fingerprint density at radius 2 is 2.33 bits per heavy atom. The molecule has 1 aromatic carbocycles. The summed E-state index contributed by atoms with van der Waals surface area (Å²) in [6.07, 6.45) is 3.31. The van der Waals surface area contributed by atoms with E-state index in [1.165, 1.54) is 11.8 Å². The van der Waals surface area contributed by atoms with E-state index in [2.05, 4.69) is 27.1 Å². The van der Waals surface area contributed by atoms with E-state index in [9.17, 15) is 4.79 Å². The summed E-state index contributed by atoms with van der Waals surface area (Å²) < 4.78 is 5.86. The number of hydrogen-bond acceptors (Lipinski definition) is 5. The molecule has 1 aromatic heterocycles. The third-order valence-corrected chi connectivity index (χ3v) is 5.69. The van der Waals surface area contributed by atoms with Gasteiger partial charge in [-0.05, 0) is 43.6 Å². The minimum absolute atomic E-state index is 0.184. The molecule has 1 saturated heterocycles. The van der Waals surface area contributed by atoms with E-state index in [1.54, 1.807) is 11.3 Å². The van der Waals surface area contributed by atoms with Gasteiger partial charge >= 0.3 is 5.97 Å². The average Bonchev–Trinajstić information content (AvgIpc) is 3.24. The van der Waals surface area contributed by atoms with Gasteiger partial charge in [0, 0.05) is 19.5 Å². The summed E-state index contributed by atoms with van der Waals surface area (Å²) >= 11 is 7.30. The number of thiazole rings is 1. The minimum Gasteiger partial charge on any atom is -0.469 e. The van der Waals surface area contributed by atoms with Gasteiger partial charge in [0.25, 0.3) is 0 Å². The van der Waals surface area contributed by atoms with Gasteiger partial charge in [-0.2, -0.15) is 0 Å². The molecule has 0 unspecified atom stereocenters. The Hall–Kier alpha value is -1.73. The Morgan fingerprint density at radius 3 is 3.12 bits per heavy atom. The first-order chi connectivity index (χ1) is 11.7. The molecule has 0 saturated carbocycles. The lowest BCUT2D eigenvalue weighted by atomic mass is 10.2. The Kier molecular flexibility index (Phi) is 5.63. The third-order valence-electron chi connectivity index (χ3n) is 4.17. The number of carbonyl (C=O) groups is 1. The SMILES string of the molecule is COC(=O)CCCNC(=S)N1CCC[C@H]1c1nc2ccccc2s1. The highest BCUT2D eigenvalue weighted by Crippen LogP contribution is 2.36. The molecule has 0 radical (unpaired) electrons. The van der Waals surface area contributed by atoms with Crippen LogP contribution in [-0.4, -0.2) is 41.2 Å². The summed E-state index contributed by atoms with van der Waals surface area (Å²) in [5.41, 5.74) is 1.06. The lowest BCUT2D eigenvalue weighted by Gasteiger charge is -2.26. The number of carbonyl (C=O) groups excluding carboxylic acids is 1. The van der Waals surface area contributed by atoms with Crippen LogP contribution in [0.1, 0.15) is 36.7 Å². The normalized spacial score (nSPS) is 17.2. The Bertz CT molecular complexity index is 698. The molecule has 1 aliphatic heterocycles. The molecule has 2 heterocycles. The molecule has 24 heavy (non-hydrogen) atoms. The number of benzene rings is 1. The van der Waals surface area contributed by atoms with Crippen molar-refractivity contribution in [2.45, 2.75) is 31.7 Å². The fraction of sp³-hybridized carbons (Fsp3) is 0.471. The van der Waals surface area contributed by atoms with Crippen LogP contribution in [0.15, 0.2) is 24.3 Å². The number of fused-ring (bicyclic) bond motifs is 1. The van der Waals surface area contributed by atoms with Crippen LogP contribution >= 0.6 is 23.6 Å². The van der Waals surface area contributed by atoms with Crippen LogP contribution in [0.2, 0.25) is 0 Å². The van der Waals surface area contributed by atoms with Crippen molar-refractivity contribution < 1.29 is 9.53 Å². The van der Waals surface area contributed by atoms with Gasteiger partial charge < -0.3 is 15.0 Å². The molecule has 2 aromatic rings. The van der Waals surface area contributed by atoms with Crippen LogP contribution in [0.3, 0.4) is 0 Å². The van der Waals surface area contributed by atoms with Crippen LogP contribution in [0.25, 0.3) is 10.2 Å². The van der Waals surface area contributed by atoms with E-state index in [0.29, 0.717) is 19.4 Å². The van der Waals surface area contributed by atoms with E-state index in [0.717, 1.165) is 35.0 Å². The molecule has 0 bridgehead atoms. The molecule has 3 rings (SSSR count). The summed E-state index contributed by atoms with van der Waals surface area (Å²) in [4.78, 5) is 18.1. The molecule has 128 valence electrons. The number of likely N-dealkylation sites (tertiary alicyclic amines) is 1. The first-order valence-corrected chi connectivity index (χ1v) is 9.38. The quantitative estimate of drug-likeness (QED) is 0.500. The summed E-state index contributed by atoms with van der Waals surface area (Å²) in [5.74, 6) is -0.184. The maximum atomic E-state index is 11.1. The van der Waals surface area contributed by atoms with Crippen molar-refractivity contribution in [3.05, 3.63) is 29.3 Å². The lowest BCUT2D eigenvalue weighted by Crippen LogP contribution is -2.39. The van der Waals surface area contributed by atoms with Crippen molar-refractivity contribution >= 4 is 44.9 Å².